The topological polar surface area (TPSA) is 87.0 Å². The van der Waals surface area contributed by atoms with Gasteiger partial charge >= 0.3 is 0 Å². The first-order valence-corrected chi connectivity index (χ1v) is 11.1. The van der Waals surface area contributed by atoms with Crippen LogP contribution in [-0.2, 0) is 6.54 Å². The third kappa shape index (κ3) is 4.84. The van der Waals surface area contributed by atoms with Gasteiger partial charge in [0, 0.05) is 41.3 Å². The van der Waals surface area contributed by atoms with Crippen molar-refractivity contribution in [3.05, 3.63) is 70.2 Å². The Balaban J connectivity index is 1.68. The summed E-state index contributed by atoms with van der Waals surface area (Å²) in [7, 11) is 1.52. The number of hydrogen-bond donors (Lipinski definition) is 1. The summed E-state index contributed by atoms with van der Waals surface area (Å²) in [5.74, 6) is -0.0905. The molecule has 0 radical (unpaired) electrons. The highest BCUT2D eigenvalue weighted by atomic mass is 79.9. The van der Waals surface area contributed by atoms with Crippen LogP contribution in [0.4, 0.5) is 20.3 Å². The van der Waals surface area contributed by atoms with E-state index in [1.54, 1.807) is 31.5 Å². The van der Waals surface area contributed by atoms with Gasteiger partial charge in [-0.1, -0.05) is 0 Å². The van der Waals surface area contributed by atoms with E-state index in [1.165, 1.54) is 18.0 Å². The molecule has 1 aromatic carbocycles. The molecule has 0 saturated carbocycles. The minimum atomic E-state index is -0.713. The highest BCUT2D eigenvalue weighted by molar-refractivity contribution is 9.10. The zero-order chi connectivity index (χ0) is 24.2. The Kier molecular flexibility index (Phi) is 7.01. The Morgan fingerprint density at radius 1 is 1.15 bits per heavy atom. The molecule has 4 aromatic rings. The lowest BCUT2D eigenvalue weighted by Gasteiger charge is -2.11. The van der Waals surface area contributed by atoms with E-state index in [-0.39, 0.29) is 17.9 Å². The molecule has 0 aliphatic heterocycles. The van der Waals surface area contributed by atoms with E-state index in [0.29, 0.717) is 39.9 Å². The van der Waals surface area contributed by atoms with Gasteiger partial charge in [0.25, 0.3) is 0 Å². The number of halogens is 3. The van der Waals surface area contributed by atoms with Crippen molar-refractivity contribution in [2.75, 3.05) is 19.0 Å². The van der Waals surface area contributed by atoms with Gasteiger partial charge in [-0.2, -0.15) is 5.10 Å². The lowest BCUT2D eigenvalue weighted by atomic mass is 10.2. The summed E-state index contributed by atoms with van der Waals surface area (Å²) in [6, 6.07) is 5.91. The maximum absolute atomic E-state index is 14.6. The third-order valence-electron chi connectivity index (χ3n) is 4.98. The van der Waals surface area contributed by atoms with E-state index in [9.17, 15) is 8.78 Å². The summed E-state index contributed by atoms with van der Waals surface area (Å²) in [6.07, 6.45) is 4.84. The molecular weight excluding hydrogens is 510 g/mol. The number of aromatic nitrogens is 5. The van der Waals surface area contributed by atoms with Crippen LogP contribution >= 0.6 is 15.9 Å². The predicted octanol–water partition coefficient (Wildman–Crippen LogP) is 5.28. The summed E-state index contributed by atoms with van der Waals surface area (Å²) < 4.78 is 41.8. The fourth-order valence-corrected chi connectivity index (χ4v) is 3.67. The van der Waals surface area contributed by atoms with Crippen molar-refractivity contribution in [2.24, 2.45) is 0 Å². The number of pyridine rings is 1. The van der Waals surface area contributed by atoms with Gasteiger partial charge in [0.15, 0.2) is 17.4 Å². The van der Waals surface area contributed by atoms with Crippen LogP contribution in [0.1, 0.15) is 18.1 Å². The molecule has 0 bridgehead atoms. The second kappa shape index (κ2) is 10.1. The van der Waals surface area contributed by atoms with Crippen LogP contribution < -0.4 is 14.8 Å². The van der Waals surface area contributed by atoms with Crippen molar-refractivity contribution in [1.82, 2.24) is 24.7 Å². The minimum Gasteiger partial charge on any atom is -0.494 e. The molecule has 1 N–H and O–H groups in total. The van der Waals surface area contributed by atoms with Crippen LogP contribution in [0, 0.1) is 18.6 Å². The smallest absolute Gasteiger partial charge is 0.182 e. The third-order valence-corrected chi connectivity index (χ3v) is 5.98. The molecule has 3 aromatic heterocycles. The van der Waals surface area contributed by atoms with Crippen LogP contribution in [0.3, 0.4) is 0 Å². The first-order valence-electron chi connectivity index (χ1n) is 10.3. The Morgan fingerprint density at radius 3 is 2.50 bits per heavy atom. The van der Waals surface area contributed by atoms with E-state index in [0.717, 1.165) is 17.8 Å². The number of nitrogens with zero attached hydrogens (tertiary/aromatic N) is 5. The maximum Gasteiger partial charge on any atom is 0.182 e. The van der Waals surface area contributed by atoms with Crippen molar-refractivity contribution in [3.8, 4) is 23.0 Å². The first kappa shape index (κ1) is 23.6. The molecule has 0 amide bonds. The summed E-state index contributed by atoms with van der Waals surface area (Å²) >= 11 is 3.47. The molecule has 0 saturated heterocycles. The Morgan fingerprint density at radius 2 is 1.85 bits per heavy atom. The van der Waals surface area contributed by atoms with Crippen molar-refractivity contribution < 1.29 is 18.3 Å². The number of hydrogen-bond acceptors (Lipinski definition) is 7. The van der Waals surface area contributed by atoms with Crippen molar-refractivity contribution in [1.29, 1.82) is 0 Å². The van der Waals surface area contributed by atoms with Gasteiger partial charge in [-0.05, 0) is 41.9 Å². The number of ether oxygens (including phenoxy) is 2. The lowest BCUT2D eigenvalue weighted by molar-refractivity contribution is 0.335. The van der Waals surface area contributed by atoms with Crippen LogP contribution in [0.15, 0.2) is 47.5 Å². The number of nitrogens with one attached hydrogen (secondary N) is 1. The van der Waals surface area contributed by atoms with E-state index in [2.05, 4.69) is 41.3 Å². The number of methoxy groups -OCH3 is 1. The molecule has 176 valence electrons. The van der Waals surface area contributed by atoms with Gasteiger partial charge in [0.2, 0.25) is 0 Å². The molecule has 0 atom stereocenters. The number of anilines is 2. The standard InChI is InChI=1S/C23H21BrF2N6O2/c1-4-34-15-9-17(25)16(18(26)10-15)12-32-21(24)13(2)20(31-32)23-28-11-19(33-3)22(30-23)29-14-5-7-27-8-6-14/h5-11H,4,12H2,1-3H3,(H,27,28,29,30). The van der Waals surface area contributed by atoms with Crippen LogP contribution in [0.5, 0.6) is 11.5 Å². The molecule has 8 nitrogen and oxygen atoms in total. The van der Waals surface area contributed by atoms with Crippen LogP contribution in [0.25, 0.3) is 11.5 Å². The molecule has 3 heterocycles. The second-order valence-electron chi connectivity index (χ2n) is 7.19. The zero-order valence-electron chi connectivity index (χ0n) is 18.6. The summed E-state index contributed by atoms with van der Waals surface area (Å²) in [4.78, 5) is 12.9. The monoisotopic (exact) mass is 530 g/mol. The van der Waals surface area contributed by atoms with Crippen LogP contribution in [0.2, 0.25) is 0 Å². The highest BCUT2D eigenvalue weighted by Crippen LogP contribution is 2.31. The lowest BCUT2D eigenvalue weighted by Crippen LogP contribution is -2.08. The van der Waals surface area contributed by atoms with Crippen molar-refractivity contribution in [2.45, 2.75) is 20.4 Å². The van der Waals surface area contributed by atoms with Gasteiger partial charge in [0.05, 0.1) is 26.5 Å². The van der Waals surface area contributed by atoms with Crippen molar-refractivity contribution in [3.63, 3.8) is 0 Å². The average molecular weight is 531 g/mol. The quantitative estimate of drug-likeness (QED) is 0.331. The van der Waals surface area contributed by atoms with Crippen molar-refractivity contribution >= 4 is 27.4 Å². The van der Waals surface area contributed by atoms with Gasteiger partial charge in [0.1, 0.15) is 27.7 Å². The van der Waals surface area contributed by atoms with E-state index >= 15 is 0 Å². The molecule has 4 rings (SSSR count). The fourth-order valence-electron chi connectivity index (χ4n) is 3.27. The molecule has 34 heavy (non-hydrogen) atoms. The number of benzene rings is 1. The summed E-state index contributed by atoms with van der Waals surface area (Å²) in [6.45, 7) is 3.74. The Bertz CT molecular complexity index is 1290. The van der Waals surface area contributed by atoms with Gasteiger partial charge in [-0.15, -0.1) is 0 Å². The van der Waals surface area contributed by atoms with Gasteiger partial charge in [-0.3, -0.25) is 9.67 Å². The second-order valence-corrected chi connectivity index (χ2v) is 7.94. The van der Waals surface area contributed by atoms with Gasteiger partial charge < -0.3 is 14.8 Å². The fraction of sp³-hybridized carbons (Fsp3) is 0.217. The minimum absolute atomic E-state index is 0.131. The normalized spacial score (nSPS) is 10.9. The Hall–Kier alpha value is -3.60. The average Bonchev–Trinajstić information content (AvgIpc) is 3.11. The molecule has 0 aliphatic rings. The van der Waals surface area contributed by atoms with E-state index in [4.69, 9.17) is 9.47 Å². The molecule has 0 spiro atoms. The van der Waals surface area contributed by atoms with Gasteiger partial charge in [-0.25, -0.2) is 18.7 Å². The largest absolute Gasteiger partial charge is 0.494 e. The molecule has 0 fully saturated rings. The highest BCUT2D eigenvalue weighted by Gasteiger charge is 2.21. The zero-order valence-corrected chi connectivity index (χ0v) is 20.2. The molecule has 0 aliphatic carbocycles. The summed E-state index contributed by atoms with van der Waals surface area (Å²) in [5, 5.41) is 7.69. The molecule has 11 heteroatoms. The van der Waals surface area contributed by atoms with E-state index < -0.39 is 11.6 Å². The van der Waals surface area contributed by atoms with E-state index in [1.807, 2.05) is 6.92 Å². The predicted molar refractivity (Wildman–Crippen MR) is 126 cm³/mol. The maximum atomic E-state index is 14.6. The Labute approximate surface area is 203 Å². The summed E-state index contributed by atoms with van der Waals surface area (Å²) in [5.41, 5.74) is 1.81. The van der Waals surface area contributed by atoms with Crippen LogP contribution in [-0.4, -0.2) is 38.4 Å². The first-order chi connectivity index (χ1) is 16.4. The molecular formula is C23H21BrF2N6O2. The SMILES string of the molecule is CCOc1cc(F)c(Cn2nc(-c3ncc(OC)c(Nc4ccncc4)n3)c(C)c2Br)c(F)c1. The molecule has 0 unspecified atom stereocenters. The number of rotatable bonds is 8.